The van der Waals surface area contributed by atoms with Gasteiger partial charge in [-0.25, -0.2) is 0 Å². The highest BCUT2D eigenvalue weighted by Crippen LogP contribution is 2.37. The molecule has 2 aromatic carbocycles. The van der Waals surface area contributed by atoms with Crippen LogP contribution < -0.4 is 5.56 Å². The molecule has 4 rings (SSSR count). The van der Waals surface area contributed by atoms with E-state index in [4.69, 9.17) is 0 Å². The van der Waals surface area contributed by atoms with Crippen LogP contribution in [0.1, 0.15) is 43.2 Å². The SMILES string of the molecule is Cc1ccc2ccc(=O)n(CCCC3(C(=O)O)CCN(CCCc4ccccc4)CC3)c2c1. The van der Waals surface area contributed by atoms with Gasteiger partial charge in [-0.05, 0) is 93.7 Å². The van der Waals surface area contributed by atoms with Gasteiger partial charge >= 0.3 is 5.97 Å². The largest absolute Gasteiger partial charge is 0.481 e. The first kappa shape index (κ1) is 23.2. The maximum Gasteiger partial charge on any atom is 0.309 e. The van der Waals surface area contributed by atoms with Crippen LogP contribution in [0.25, 0.3) is 10.9 Å². The molecular formula is C28H34N2O3. The van der Waals surface area contributed by atoms with Gasteiger partial charge in [0, 0.05) is 12.6 Å². The number of pyridine rings is 1. The van der Waals surface area contributed by atoms with Gasteiger partial charge in [0.2, 0.25) is 0 Å². The highest BCUT2D eigenvalue weighted by atomic mass is 16.4. The van der Waals surface area contributed by atoms with Gasteiger partial charge < -0.3 is 14.6 Å². The zero-order chi connectivity index (χ0) is 23.3. The molecule has 33 heavy (non-hydrogen) atoms. The Morgan fingerprint density at radius 1 is 0.970 bits per heavy atom. The molecule has 1 N–H and O–H groups in total. The van der Waals surface area contributed by atoms with Gasteiger partial charge in [0.05, 0.1) is 10.9 Å². The summed E-state index contributed by atoms with van der Waals surface area (Å²) in [6.45, 7) is 5.24. The summed E-state index contributed by atoms with van der Waals surface area (Å²) in [6.07, 6.45) is 4.80. The van der Waals surface area contributed by atoms with E-state index in [1.807, 2.05) is 37.3 Å². The van der Waals surface area contributed by atoms with E-state index < -0.39 is 11.4 Å². The molecular weight excluding hydrogens is 412 g/mol. The Kier molecular flexibility index (Phi) is 7.29. The summed E-state index contributed by atoms with van der Waals surface area (Å²) in [5, 5.41) is 11.1. The van der Waals surface area contributed by atoms with Crippen molar-refractivity contribution in [2.75, 3.05) is 19.6 Å². The lowest BCUT2D eigenvalue weighted by Crippen LogP contribution is -2.44. The fraction of sp³-hybridized carbons (Fsp3) is 0.429. The predicted octanol–water partition coefficient (Wildman–Crippen LogP) is 4.89. The Morgan fingerprint density at radius 3 is 2.42 bits per heavy atom. The van der Waals surface area contributed by atoms with Crippen LogP contribution in [0.5, 0.6) is 0 Å². The topological polar surface area (TPSA) is 62.5 Å². The maximum absolute atomic E-state index is 12.5. The van der Waals surface area contributed by atoms with Gasteiger partial charge in [-0.3, -0.25) is 9.59 Å². The van der Waals surface area contributed by atoms with E-state index >= 15 is 0 Å². The molecule has 2 heterocycles. The van der Waals surface area contributed by atoms with E-state index in [0.29, 0.717) is 32.2 Å². The number of benzene rings is 2. The molecule has 174 valence electrons. The summed E-state index contributed by atoms with van der Waals surface area (Å²) in [4.78, 5) is 27.2. The number of hydrogen-bond donors (Lipinski definition) is 1. The van der Waals surface area contributed by atoms with Crippen molar-refractivity contribution in [2.24, 2.45) is 5.41 Å². The van der Waals surface area contributed by atoms with Crippen molar-refractivity contribution in [1.82, 2.24) is 9.47 Å². The van der Waals surface area contributed by atoms with Gasteiger partial charge in [0.1, 0.15) is 0 Å². The maximum atomic E-state index is 12.5. The van der Waals surface area contributed by atoms with Crippen LogP contribution in [0.3, 0.4) is 0 Å². The van der Waals surface area contributed by atoms with E-state index in [1.54, 1.807) is 10.6 Å². The number of rotatable bonds is 9. The minimum Gasteiger partial charge on any atom is -0.481 e. The van der Waals surface area contributed by atoms with Gasteiger partial charge in [0.25, 0.3) is 5.56 Å². The van der Waals surface area contributed by atoms with Crippen molar-refractivity contribution >= 4 is 16.9 Å². The molecule has 0 saturated carbocycles. The normalized spacial score (nSPS) is 16.2. The Bertz CT molecular complexity index is 1140. The van der Waals surface area contributed by atoms with Crippen LogP contribution >= 0.6 is 0 Å². The van der Waals surface area contributed by atoms with Crippen molar-refractivity contribution < 1.29 is 9.90 Å². The van der Waals surface area contributed by atoms with Gasteiger partial charge in [-0.2, -0.15) is 0 Å². The smallest absolute Gasteiger partial charge is 0.309 e. The van der Waals surface area contributed by atoms with Crippen LogP contribution in [0, 0.1) is 12.3 Å². The average molecular weight is 447 g/mol. The number of fused-ring (bicyclic) bond motifs is 1. The van der Waals surface area contributed by atoms with Crippen molar-refractivity contribution in [3.63, 3.8) is 0 Å². The molecule has 1 aliphatic heterocycles. The molecule has 0 unspecified atom stereocenters. The lowest BCUT2D eigenvalue weighted by atomic mass is 9.74. The van der Waals surface area contributed by atoms with Crippen LogP contribution in [-0.2, 0) is 17.8 Å². The molecule has 0 aliphatic carbocycles. The zero-order valence-corrected chi connectivity index (χ0v) is 19.5. The number of carboxylic acid groups (broad SMARTS) is 1. The molecule has 1 saturated heterocycles. The number of piperidine rings is 1. The third-order valence-electron chi connectivity index (χ3n) is 7.23. The lowest BCUT2D eigenvalue weighted by Gasteiger charge is -2.39. The number of aryl methyl sites for hydroxylation is 3. The van der Waals surface area contributed by atoms with E-state index in [9.17, 15) is 14.7 Å². The van der Waals surface area contributed by atoms with Crippen molar-refractivity contribution in [3.05, 3.63) is 82.1 Å². The molecule has 0 bridgehead atoms. The molecule has 0 spiro atoms. The molecule has 1 fully saturated rings. The number of carbonyl (C=O) groups is 1. The number of aromatic nitrogens is 1. The van der Waals surface area contributed by atoms with Crippen molar-refractivity contribution in [1.29, 1.82) is 0 Å². The number of carboxylic acids is 1. The van der Waals surface area contributed by atoms with Crippen molar-refractivity contribution in [3.8, 4) is 0 Å². The quantitative estimate of drug-likeness (QED) is 0.508. The van der Waals surface area contributed by atoms with Crippen LogP contribution in [0.2, 0.25) is 0 Å². The summed E-state index contributed by atoms with van der Waals surface area (Å²) >= 11 is 0. The minimum atomic E-state index is -0.687. The molecule has 0 amide bonds. The third-order valence-corrected chi connectivity index (χ3v) is 7.23. The molecule has 5 nitrogen and oxygen atoms in total. The van der Waals surface area contributed by atoms with E-state index in [2.05, 4.69) is 29.2 Å². The number of aliphatic carboxylic acids is 1. The summed E-state index contributed by atoms with van der Waals surface area (Å²) in [7, 11) is 0. The Balaban J connectivity index is 1.33. The molecule has 1 aliphatic rings. The number of hydrogen-bond acceptors (Lipinski definition) is 3. The summed E-state index contributed by atoms with van der Waals surface area (Å²) < 4.78 is 1.80. The standard InChI is InChI=1S/C28H34N2O3/c1-22-10-11-24-12-13-26(31)30(25(24)21-22)18-6-14-28(27(32)33)15-19-29(20-16-28)17-5-9-23-7-3-2-4-8-23/h2-4,7-8,10-13,21H,5-6,9,14-20H2,1H3,(H,32,33). The molecule has 3 aromatic rings. The summed E-state index contributed by atoms with van der Waals surface area (Å²) in [5.74, 6) is -0.687. The van der Waals surface area contributed by atoms with Crippen molar-refractivity contribution in [2.45, 2.75) is 52.0 Å². The Morgan fingerprint density at radius 2 is 1.70 bits per heavy atom. The number of likely N-dealkylation sites (tertiary alicyclic amines) is 1. The van der Waals surface area contributed by atoms with Gasteiger partial charge in [0.15, 0.2) is 0 Å². The van der Waals surface area contributed by atoms with Gasteiger partial charge in [-0.15, -0.1) is 0 Å². The van der Waals surface area contributed by atoms with Crippen LogP contribution in [0.15, 0.2) is 65.5 Å². The fourth-order valence-electron chi connectivity index (χ4n) is 5.13. The monoisotopic (exact) mass is 446 g/mol. The molecule has 1 aromatic heterocycles. The van der Waals surface area contributed by atoms with Crippen LogP contribution in [-0.4, -0.2) is 40.2 Å². The highest BCUT2D eigenvalue weighted by molar-refractivity contribution is 5.79. The average Bonchev–Trinajstić information content (AvgIpc) is 2.82. The number of nitrogens with zero attached hydrogens (tertiary/aromatic N) is 2. The molecule has 0 atom stereocenters. The second-order valence-electron chi connectivity index (χ2n) is 9.51. The second-order valence-corrected chi connectivity index (χ2v) is 9.51. The second kappa shape index (κ2) is 10.3. The fourth-order valence-corrected chi connectivity index (χ4v) is 5.13. The predicted molar refractivity (Wildman–Crippen MR) is 133 cm³/mol. The van der Waals surface area contributed by atoms with Gasteiger partial charge in [-0.1, -0.05) is 42.5 Å². The zero-order valence-electron chi connectivity index (χ0n) is 19.5. The first-order chi connectivity index (χ1) is 16.0. The van der Waals surface area contributed by atoms with E-state index in [0.717, 1.165) is 48.9 Å². The lowest BCUT2D eigenvalue weighted by molar-refractivity contribution is -0.152. The Labute approximate surface area is 195 Å². The Hall–Kier alpha value is -2.92. The van der Waals surface area contributed by atoms with E-state index in [-0.39, 0.29) is 5.56 Å². The minimum absolute atomic E-state index is 0.0225. The summed E-state index contributed by atoms with van der Waals surface area (Å²) in [5.41, 5.74) is 2.70. The van der Waals surface area contributed by atoms with Crippen LogP contribution in [0.4, 0.5) is 0 Å². The van der Waals surface area contributed by atoms with E-state index in [1.165, 1.54) is 5.56 Å². The highest BCUT2D eigenvalue weighted by Gasteiger charge is 2.40. The molecule has 5 heteroatoms. The first-order valence-corrected chi connectivity index (χ1v) is 12.1. The first-order valence-electron chi connectivity index (χ1n) is 12.1. The summed E-state index contributed by atoms with van der Waals surface area (Å²) in [6, 6.07) is 20.1. The molecule has 0 radical (unpaired) electrons. The third kappa shape index (κ3) is 5.53.